The first kappa shape index (κ1) is 16.4. The van der Waals surface area contributed by atoms with E-state index in [2.05, 4.69) is 29.6 Å². The minimum Gasteiger partial charge on any atom is -0.504 e. The molecule has 0 saturated heterocycles. The van der Waals surface area contributed by atoms with Crippen molar-refractivity contribution in [2.75, 3.05) is 12.4 Å². The molecule has 0 aromatic heterocycles. The van der Waals surface area contributed by atoms with E-state index < -0.39 is 0 Å². The first-order chi connectivity index (χ1) is 11.8. The van der Waals surface area contributed by atoms with E-state index in [1.807, 2.05) is 42.5 Å². The van der Waals surface area contributed by atoms with Crippen LogP contribution in [0.4, 0.5) is 5.69 Å². The Hall–Kier alpha value is -2.51. The van der Waals surface area contributed by atoms with Gasteiger partial charge in [-0.3, -0.25) is 0 Å². The molecule has 0 spiro atoms. The van der Waals surface area contributed by atoms with Crippen LogP contribution in [0.5, 0.6) is 11.5 Å². The number of methoxy groups -OCH3 is 1. The Morgan fingerprint density at radius 3 is 2.38 bits per heavy atom. The van der Waals surface area contributed by atoms with E-state index in [1.165, 1.54) is 10.9 Å². The lowest BCUT2D eigenvalue weighted by Crippen LogP contribution is -2.13. The van der Waals surface area contributed by atoms with E-state index >= 15 is 0 Å². The first-order valence-corrected chi connectivity index (χ1v) is 8.78. The fourth-order valence-corrected chi connectivity index (χ4v) is 3.71. The Morgan fingerprint density at radius 2 is 1.58 bits per heavy atom. The zero-order chi connectivity index (χ0) is 16.8. The Labute approximate surface area is 144 Å². The minimum atomic E-state index is 0.226. The van der Waals surface area contributed by atoms with E-state index in [0.717, 1.165) is 17.5 Å². The van der Waals surface area contributed by atoms with Crippen LogP contribution < -0.4 is 20.7 Å². The van der Waals surface area contributed by atoms with Gasteiger partial charge in [-0.05, 0) is 29.1 Å². The molecule has 0 heterocycles. The van der Waals surface area contributed by atoms with Gasteiger partial charge in [0.1, 0.15) is 0 Å². The summed E-state index contributed by atoms with van der Waals surface area (Å²) in [5, 5.41) is 15.9. The second-order valence-corrected chi connectivity index (χ2v) is 6.69. The summed E-state index contributed by atoms with van der Waals surface area (Å²) in [4.78, 5) is 0. The Bertz CT molecular complexity index is 806. The van der Waals surface area contributed by atoms with Gasteiger partial charge in [-0.1, -0.05) is 63.2 Å². The fraction of sp³-hybridized carbons (Fsp3) is 0.100. The van der Waals surface area contributed by atoms with Crippen molar-refractivity contribution in [3.63, 3.8) is 0 Å². The summed E-state index contributed by atoms with van der Waals surface area (Å²) in [7, 11) is 1.94. The van der Waals surface area contributed by atoms with Gasteiger partial charge in [0, 0.05) is 17.5 Å². The molecule has 0 fully saturated rings. The maximum absolute atomic E-state index is 10.3. The highest BCUT2D eigenvalue weighted by atomic mass is 31.1. The number of benzene rings is 3. The van der Waals surface area contributed by atoms with Crippen molar-refractivity contribution in [1.82, 2.24) is 0 Å². The molecule has 3 nitrogen and oxygen atoms in total. The van der Waals surface area contributed by atoms with Gasteiger partial charge in [0.2, 0.25) is 0 Å². The molecule has 0 bridgehead atoms. The summed E-state index contributed by atoms with van der Waals surface area (Å²) in [6, 6.07) is 24.1. The smallest absolute Gasteiger partial charge is 0.165 e. The predicted octanol–water partition coefficient (Wildman–Crippen LogP) is 3.64. The van der Waals surface area contributed by atoms with Crippen LogP contribution in [-0.2, 0) is 6.54 Å². The van der Waals surface area contributed by atoms with Crippen LogP contribution in [0.15, 0.2) is 72.8 Å². The summed E-state index contributed by atoms with van der Waals surface area (Å²) >= 11 is 0. The predicted molar refractivity (Wildman–Crippen MR) is 102 cm³/mol. The van der Waals surface area contributed by atoms with Gasteiger partial charge in [0.05, 0.1) is 7.11 Å². The Morgan fingerprint density at radius 1 is 0.875 bits per heavy atom. The summed E-state index contributed by atoms with van der Waals surface area (Å²) < 4.78 is 5.20. The van der Waals surface area contributed by atoms with Crippen LogP contribution in [0.25, 0.3) is 0 Å². The average molecular weight is 337 g/mol. The monoisotopic (exact) mass is 337 g/mol. The zero-order valence-corrected chi connectivity index (χ0v) is 14.5. The number of phenolic OH excluding ortho intramolecular Hbond substituents is 1. The maximum atomic E-state index is 10.3. The molecule has 0 aliphatic heterocycles. The van der Waals surface area contributed by atoms with Gasteiger partial charge in [-0.15, -0.1) is 0 Å². The highest BCUT2D eigenvalue weighted by Crippen LogP contribution is 2.28. The number of para-hydroxylation sites is 2. The topological polar surface area (TPSA) is 41.5 Å². The van der Waals surface area contributed by atoms with Gasteiger partial charge in [0.25, 0.3) is 0 Å². The SMILES string of the molecule is COc1cccc(Pc2ccccc2CNc2ccccc2)c1O. The third kappa shape index (κ3) is 3.87. The lowest BCUT2D eigenvalue weighted by Gasteiger charge is -2.13. The largest absolute Gasteiger partial charge is 0.504 e. The van der Waals surface area contributed by atoms with Crippen molar-refractivity contribution in [2.24, 2.45) is 0 Å². The third-order valence-electron chi connectivity index (χ3n) is 3.76. The number of phenols is 1. The second kappa shape index (κ2) is 7.85. The van der Waals surface area contributed by atoms with Gasteiger partial charge >= 0.3 is 0 Å². The molecule has 3 aromatic rings. The molecule has 1 unspecified atom stereocenters. The van der Waals surface area contributed by atoms with Gasteiger partial charge in [-0.2, -0.15) is 0 Å². The quantitative estimate of drug-likeness (QED) is 0.675. The van der Waals surface area contributed by atoms with Crippen LogP contribution in [0.2, 0.25) is 0 Å². The Kier molecular flexibility index (Phi) is 5.35. The highest BCUT2D eigenvalue weighted by Gasteiger charge is 2.10. The van der Waals surface area contributed by atoms with Crippen LogP contribution in [0, 0.1) is 0 Å². The normalized spacial score (nSPS) is 10.9. The molecule has 0 aliphatic carbocycles. The van der Waals surface area contributed by atoms with Gasteiger partial charge in [0.15, 0.2) is 11.5 Å². The van der Waals surface area contributed by atoms with Gasteiger partial charge < -0.3 is 15.2 Å². The third-order valence-corrected chi connectivity index (χ3v) is 5.19. The molecule has 4 heteroatoms. The van der Waals surface area contributed by atoms with Crippen molar-refractivity contribution in [2.45, 2.75) is 6.54 Å². The molecule has 24 heavy (non-hydrogen) atoms. The lowest BCUT2D eigenvalue weighted by atomic mass is 10.2. The maximum Gasteiger partial charge on any atom is 0.165 e. The fourth-order valence-electron chi connectivity index (χ4n) is 2.48. The standard InChI is InChI=1S/C20H20NO2P/c1-23-17-11-7-13-19(20(17)22)24-18-12-6-5-8-15(18)14-21-16-9-3-2-4-10-16/h2-13,21-22,24H,14H2,1H3. The molecular weight excluding hydrogens is 317 g/mol. The molecule has 3 aromatic carbocycles. The van der Waals surface area contributed by atoms with Crippen molar-refractivity contribution >= 4 is 24.9 Å². The molecule has 0 aliphatic rings. The second-order valence-electron chi connectivity index (χ2n) is 5.36. The molecule has 0 saturated carbocycles. The number of hydrogen-bond donors (Lipinski definition) is 2. The molecular formula is C20H20NO2P. The van der Waals surface area contributed by atoms with E-state index in [0.29, 0.717) is 14.3 Å². The van der Waals surface area contributed by atoms with Crippen molar-refractivity contribution in [1.29, 1.82) is 0 Å². The van der Waals surface area contributed by atoms with Crippen LogP contribution in [0.3, 0.4) is 0 Å². The molecule has 1 atom stereocenters. The van der Waals surface area contributed by atoms with E-state index in [-0.39, 0.29) is 5.75 Å². The van der Waals surface area contributed by atoms with E-state index in [9.17, 15) is 5.11 Å². The molecule has 3 rings (SSSR count). The van der Waals surface area contributed by atoms with E-state index in [4.69, 9.17) is 4.74 Å². The van der Waals surface area contributed by atoms with E-state index in [1.54, 1.807) is 13.2 Å². The van der Waals surface area contributed by atoms with Crippen LogP contribution in [0.1, 0.15) is 5.56 Å². The number of hydrogen-bond acceptors (Lipinski definition) is 3. The minimum absolute atomic E-state index is 0.226. The van der Waals surface area contributed by atoms with Crippen molar-refractivity contribution in [3.05, 3.63) is 78.4 Å². The number of aromatic hydroxyl groups is 1. The molecule has 0 amide bonds. The number of rotatable bonds is 6. The summed E-state index contributed by atoms with van der Waals surface area (Å²) in [5.41, 5.74) is 2.32. The van der Waals surface area contributed by atoms with Crippen molar-refractivity contribution in [3.8, 4) is 11.5 Å². The van der Waals surface area contributed by atoms with Gasteiger partial charge in [-0.25, -0.2) is 0 Å². The van der Waals surface area contributed by atoms with Crippen LogP contribution in [-0.4, -0.2) is 12.2 Å². The summed E-state index contributed by atoms with van der Waals surface area (Å²) in [6.07, 6.45) is 0. The average Bonchev–Trinajstić information content (AvgIpc) is 2.63. The number of ether oxygens (including phenoxy) is 1. The molecule has 122 valence electrons. The zero-order valence-electron chi connectivity index (χ0n) is 13.5. The molecule has 2 N–H and O–H groups in total. The summed E-state index contributed by atoms with van der Waals surface area (Å²) in [6.45, 7) is 0.748. The van der Waals surface area contributed by atoms with Crippen molar-refractivity contribution < 1.29 is 9.84 Å². The first-order valence-electron chi connectivity index (χ1n) is 7.78. The number of nitrogens with one attached hydrogen (secondary N) is 1. The summed E-state index contributed by atoms with van der Waals surface area (Å²) in [5.74, 6) is 0.740. The van der Waals surface area contributed by atoms with Crippen LogP contribution >= 0.6 is 8.58 Å². The number of anilines is 1. The Balaban J connectivity index is 1.79. The highest BCUT2D eigenvalue weighted by molar-refractivity contribution is 7.55. The lowest BCUT2D eigenvalue weighted by molar-refractivity contribution is 0.375. The molecule has 0 radical (unpaired) electrons.